The Balaban J connectivity index is 0.000000532. The lowest BCUT2D eigenvalue weighted by Gasteiger charge is -2.32. The highest BCUT2D eigenvalue weighted by Gasteiger charge is 2.38. The molecule has 0 spiro atoms. The number of nitrogens with zero attached hydrogens (tertiary/aromatic N) is 6. The van der Waals surface area contributed by atoms with Crippen LogP contribution < -0.4 is 20.7 Å². The maximum Gasteiger partial charge on any atom is 0.490 e. The van der Waals surface area contributed by atoms with Gasteiger partial charge in [-0.05, 0) is 26.7 Å². The van der Waals surface area contributed by atoms with Crippen molar-refractivity contribution in [2.45, 2.75) is 39.4 Å². The van der Waals surface area contributed by atoms with Gasteiger partial charge in [-0.15, -0.1) is 5.92 Å². The Morgan fingerprint density at radius 3 is 2.38 bits per heavy atom. The van der Waals surface area contributed by atoms with Gasteiger partial charge in [0.1, 0.15) is 0 Å². The number of aromatic nitrogens is 4. The van der Waals surface area contributed by atoms with Crippen LogP contribution in [0.3, 0.4) is 0 Å². The molecule has 2 aromatic rings. The monoisotopic (exact) mass is 555 g/mol. The summed E-state index contributed by atoms with van der Waals surface area (Å²) in [5.74, 6) is 4.09. The van der Waals surface area contributed by atoms with E-state index in [1.807, 2.05) is 16.4 Å². The molecule has 2 aromatic heterocycles. The van der Waals surface area contributed by atoms with Crippen LogP contribution in [-0.4, -0.2) is 88.2 Å². The summed E-state index contributed by atoms with van der Waals surface area (Å²) in [6, 6.07) is 0. The zero-order valence-corrected chi connectivity index (χ0v) is 22.0. The first-order chi connectivity index (χ1) is 18.5. The Labute approximate surface area is 222 Å². The van der Waals surface area contributed by atoms with E-state index in [0.29, 0.717) is 36.8 Å². The fourth-order valence-corrected chi connectivity index (χ4v) is 4.45. The first kappa shape index (κ1) is 29.8. The highest BCUT2D eigenvalue weighted by Crippen LogP contribution is 2.25. The molecule has 0 aliphatic carbocycles. The van der Waals surface area contributed by atoms with E-state index in [0.717, 1.165) is 51.5 Å². The zero-order chi connectivity index (χ0) is 28.7. The molecule has 2 fully saturated rings. The summed E-state index contributed by atoms with van der Waals surface area (Å²) < 4.78 is 40.4. The molecule has 214 valence electrons. The van der Waals surface area contributed by atoms with Gasteiger partial charge < -0.3 is 25.0 Å². The fraction of sp³-hybridized carbons (Fsp3) is 0.625. The molecule has 0 saturated carbocycles. The van der Waals surface area contributed by atoms with Crippen LogP contribution in [-0.2, 0) is 27.9 Å². The topological polar surface area (TPSA) is 135 Å². The van der Waals surface area contributed by atoms with Crippen molar-refractivity contribution < 1.29 is 32.6 Å². The normalized spacial score (nSPS) is 17.6. The fourth-order valence-electron chi connectivity index (χ4n) is 4.45. The second-order valence-corrected chi connectivity index (χ2v) is 8.95. The third kappa shape index (κ3) is 6.99. The maximum absolute atomic E-state index is 13.5. The first-order valence-corrected chi connectivity index (χ1v) is 12.5. The number of ether oxygens (including phenoxy) is 1. The quantitative estimate of drug-likeness (QED) is 0.406. The number of esters is 1. The minimum atomic E-state index is -5.08. The van der Waals surface area contributed by atoms with Gasteiger partial charge in [-0.25, -0.2) is 4.79 Å². The average molecular weight is 556 g/mol. The SMILES string of the molecule is CC#CCn1c(N2CCNCC2)nc2nc(N3CCC[C@@H](C(=O)OCC)C3)n(C)c(=O)c21.O=C(O)C(F)(F)F. The molecule has 2 N–H and O–H groups in total. The molecule has 39 heavy (non-hydrogen) atoms. The molecule has 15 heteroatoms. The summed E-state index contributed by atoms with van der Waals surface area (Å²) in [6.45, 7) is 8.91. The lowest BCUT2D eigenvalue weighted by atomic mass is 9.98. The first-order valence-electron chi connectivity index (χ1n) is 12.5. The second kappa shape index (κ2) is 12.8. The summed E-state index contributed by atoms with van der Waals surface area (Å²) in [4.78, 5) is 48.4. The highest BCUT2D eigenvalue weighted by molar-refractivity contribution is 5.77. The van der Waals surface area contributed by atoms with Crippen molar-refractivity contribution in [2.24, 2.45) is 13.0 Å². The van der Waals surface area contributed by atoms with Crippen LogP contribution >= 0.6 is 0 Å². The molecule has 4 rings (SSSR count). The number of fused-ring (bicyclic) bond motifs is 1. The van der Waals surface area contributed by atoms with E-state index in [1.165, 1.54) is 0 Å². The summed E-state index contributed by atoms with van der Waals surface area (Å²) in [6.07, 6.45) is -3.47. The molecule has 2 saturated heterocycles. The van der Waals surface area contributed by atoms with Crippen LogP contribution in [0, 0.1) is 17.8 Å². The predicted molar refractivity (Wildman–Crippen MR) is 137 cm³/mol. The molecule has 2 aliphatic heterocycles. The number of aliphatic carboxylic acids is 1. The van der Waals surface area contributed by atoms with Crippen LogP contribution in [0.4, 0.5) is 25.1 Å². The van der Waals surface area contributed by atoms with Crippen LogP contribution in [0.15, 0.2) is 4.79 Å². The molecular formula is C24H32F3N7O5. The Morgan fingerprint density at radius 1 is 1.15 bits per heavy atom. The lowest BCUT2D eigenvalue weighted by Crippen LogP contribution is -2.44. The van der Waals surface area contributed by atoms with Gasteiger partial charge in [0, 0.05) is 46.3 Å². The number of hydrogen-bond donors (Lipinski definition) is 2. The molecule has 0 amide bonds. The van der Waals surface area contributed by atoms with Crippen LogP contribution in [0.5, 0.6) is 0 Å². The molecule has 0 unspecified atom stereocenters. The van der Waals surface area contributed by atoms with Crippen molar-refractivity contribution >= 4 is 35.0 Å². The van der Waals surface area contributed by atoms with Crippen LogP contribution in [0.25, 0.3) is 11.2 Å². The Kier molecular flexibility index (Phi) is 9.79. The number of nitrogens with one attached hydrogen (secondary N) is 1. The third-order valence-corrected chi connectivity index (χ3v) is 6.32. The maximum atomic E-state index is 13.5. The van der Waals surface area contributed by atoms with Gasteiger partial charge in [0.05, 0.1) is 19.1 Å². The summed E-state index contributed by atoms with van der Waals surface area (Å²) >= 11 is 0. The van der Waals surface area contributed by atoms with E-state index in [4.69, 9.17) is 24.6 Å². The minimum Gasteiger partial charge on any atom is -0.475 e. The number of anilines is 2. The number of alkyl halides is 3. The number of carboxylic acids is 1. The lowest BCUT2D eigenvalue weighted by molar-refractivity contribution is -0.192. The predicted octanol–water partition coefficient (Wildman–Crippen LogP) is 0.976. The van der Waals surface area contributed by atoms with E-state index in [-0.39, 0.29) is 17.4 Å². The van der Waals surface area contributed by atoms with Crippen LogP contribution in [0.1, 0.15) is 26.7 Å². The van der Waals surface area contributed by atoms with Crippen LogP contribution in [0.2, 0.25) is 0 Å². The number of carboxylic acid groups (broad SMARTS) is 1. The highest BCUT2D eigenvalue weighted by atomic mass is 19.4. The number of halogens is 3. The molecule has 0 bridgehead atoms. The second-order valence-electron chi connectivity index (χ2n) is 8.95. The molecule has 4 heterocycles. The van der Waals surface area contributed by atoms with Gasteiger partial charge in [0.15, 0.2) is 11.2 Å². The van der Waals surface area contributed by atoms with Crippen molar-refractivity contribution in [3.8, 4) is 11.8 Å². The van der Waals surface area contributed by atoms with Crippen molar-refractivity contribution in [1.82, 2.24) is 24.4 Å². The van der Waals surface area contributed by atoms with Crippen molar-refractivity contribution in [1.29, 1.82) is 0 Å². The summed E-state index contributed by atoms with van der Waals surface area (Å²) in [5.41, 5.74) is 0.731. The van der Waals surface area contributed by atoms with Gasteiger partial charge in [0.25, 0.3) is 5.56 Å². The molecule has 0 radical (unpaired) electrons. The molecule has 2 aliphatic rings. The third-order valence-electron chi connectivity index (χ3n) is 6.32. The Morgan fingerprint density at radius 2 is 1.79 bits per heavy atom. The average Bonchev–Trinajstić information content (AvgIpc) is 3.28. The van der Waals surface area contributed by atoms with E-state index in [9.17, 15) is 22.8 Å². The van der Waals surface area contributed by atoms with Gasteiger partial charge in [-0.2, -0.15) is 23.1 Å². The van der Waals surface area contributed by atoms with Gasteiger partial charge in [-0.1, -0.05) is 5.92 Å². The van der Waals surface area contributed by atoms with E-state index in [2.05, 4.69) is 22.1 Å². The van der Waals surface area contributed by atoms with Crippen molar-refractivity contribution in [3.05, 3.63) is 10.4 Å². The van der Waals surface area contributed by atoms with Gasteiger partial charge in [-0.3, -0.25) is 18.7 Å². The minimum absolute atomic E-state index is 0.157. The van der Waals surface area contributed by atoms with Gasteiger partial charge >= 0.3 is 18.1 Å². The molecular weight excluding hydrogens is 523 g/mol. The largest absolute Gasteiger partial charge is 0.490 e. The Hall–Kier alpha value is -3.80. The zero-order valence-electron chi connectivity index (χ0n) is 22.0. The number of hydrogen-bond acceptors (Lipinski definition) is 9. The van der Waals surface area contributed by atoms with E-state index >= 15 is 0 Å². The number of imidazole rings is 1. The smallest absolute Gasteiger partial charge is 0.475 e. The summed E-state index contributed by atoms with van der Waals surface area (Å²) in [5, 5.41) is 10.5. The number of piperazine rings is 1. The van der Waals surface area contributed by atoms with Crippen molar-refractivity contribution in [3.63, 3.8) is 0 Å². The Bertz CT molecular complexity index is 1310. The number of piperidine rings is 1. The standard InChI is InChI=1S/C22H31N7O3.C2HF3O2/c1-4-6-12-29-17-18(25-22(29)27-13-9-23-10-14-27)24-21(26(3)19(17)30)28-11-7-8-16(15-28)20(31)32-5-2;3-2(4,5)1(6)7/h16,23H,5,7-15H2,1-3H3;(H,6,7)/t16-;/m1./s1. The van der Waals surface area contributed by atoms with Gasteiger partial charge in [0.2, 0.25) is 11.9 Å². The number of carbonyl (C=O) groups excluding carboxylic acids is 1. The molecule has 12 nitrogen and oxygen atoms in total. The number of rotatable bonds is 5. The molecule has 0 aromatic carbocycles. The summed E-state index contributed by atoms with van der Waals surface area (Å²) in [7, 11) is 1.73. The molecule has 1 atom stereocenters. The number of carbonyl (C=O) groups is 2. The van der Waals surface area contributed by atoms with E-state index in [1.54, 1.807) is 18.5 Å². The van der Waals surface area contributed by atoms with Crippen molar-refractivity contribution in [2.75, 3.05) is 55.7 Å². The van der Waals surface area contributed by atoms with E-state index < -0.39 is 12.1 Å².